The van der Waals surface area contributed by atoms with Crippen LogP contribution >= 0.6 is 0 Å². The summed E-state index contributed by atoms with van der Waals surface area (Å²) in [6, 6.07) is 0. The zero-order valence-electron chi connectivity index (χ0n) is 12.2. The summed E-state index contributed by atoms with van der Waals surface area (Å²) in [5.74, 6) is 0.899. The molecule has 0 fully saturated rings. The second-order valence-corrected chi connectivity index (χ2v) is 5.48. The molecule has 0 spiro atoms. The molecule has 102 valence electrons. The number of carbonyl (C=O) groups excluding carboxylic acids is 1. The molecule has 0 aliphatic heterocycles. The first kappa shape index (κ1) is 16.7. The molecule has 0 amide bonds. The van der Waals surface area contributed by atoms with Crippen LogP contribution < -0.4 is 0 Å². The lowest BCUT2D eigenvalue weighted by Gasteiger charge is -2.18. The smallest absolute Gasteiger partial charge is 0.123 e. The van der Waals surface area contributed by atoms with Gasteiger partial charge in [0.1, 0.15) is 6.29 Å². The van der Waals surface area contributed by atoms with E-state index in [-0.39, 0.29) is 0 Å². The summed E-state index contributed by atoms with van der Waals surface area (Å²) in [6.07, 6.45) is 14.0. The highest BCUT2D eigenvalue weighted by Gasteiger charge is 2.15. The first-order valence-electron chi connectivity index (χ1n) is 7.71. The van der Waals surface area contributed by atoms with Gasteiger partial charge in [0.05, 0.1) is 0 Å². The number of aldehydes is 1. The van der Waals surface area contributed by atoms with Crippen molar-refractivity contribution in [3.05, 3.63) is 0 Å². The van der Waals surface area contributed by atoms with Gasteiger partial charge in [0.2, 0.25) is 0 Å². The third-order valence-electron chi connectivity index (χ3n) is 3.81. The van der Waals surface area contributed by atoms with Crippen molar-refractivity contribution in [1.82, 2.24) is 0 Å². The van der Waals surface area contributed by atoms with Crippen molar-refractivity contribution in [3.63, 3.8) is 0 Å². The van der Waals surface area contributed by atoms with Crippen LogP contribution in [0, 0.1) is 11.8 Å². The zero-order valence-corrected chi connectivity index (χ0v) is 12.2. The third-order valence-corrected chi connectivity index (χ3v) is 3.81. The molecule has 0 aromatic rings. The largest absolute Gasteiger partial charge is 0.303 e. The molecule has 2 atom stereocenters. The Hall–Kier alpha value is -0.330. The van der Waals surface area contributed by atoms with Crippen LogP contribution in [0.4, 0.5) is 0 Å². The number of carbonyl (C=O) groups is 1. The van der Waals surface area contributed by atoms with Crippen molar-refractivity contribution in [2.45, 2.75) is 85.0 Å². The van der Waals surface area contributed by atoms with Crippen LogP contribution in [0.15, 0.2) is 0 Å². The maximum Gasteiger partial charge on any atom is 0.123 e. The van der Waals surface area contributed by atoms with Gasteiger partial charge in [-0.3, -0.25) is 0 Å². The van der Waals surface area contributed by atoms with Crippen molar-refractivity contribution in [1.29, 1.82) is 0 Å². The first-order valence-corrected chi connectivity index (χ1v) is 7.71. The standard InChI is InChI=1S/C16H32O/c1-4-6-8-9-10-11-13-16(14-17)15(3)12-7-5-2/h14-16H,4-13H2,1-3H3. The Balaban J connectivity index is 3.56. The maximum absolute atomic E-state index is 11.1. The summed E-state index contributed by atoms with van der Waals surface area (Å²) in [7, 11) is 0. The summed E-state index contributed by atoms with van der Waals surface area (Å²) < 4.78 is 0. The van der Waals surface area contributed by atoms with Crippen LogP contribution in [0.3, 0.4) is 0 Å². The number of hydrogen-bond donors (Lipinski definition) is 0. The van der Waals surface area contributed by atoms with E-state index in [0.29, 0.717) is 11.8 Å². The lowest BCUT2D eigenvalue weighted by molar-refractivity contribution is -0.112. The molecule has 0 bridgehead atoms. The van der Waals surface area contributed by atoms with Gasteiger partial charge < -0.3 is 4.79 Å². The van der Waals surface area contributed by atoms with E-state index in [1.165, 1.54) is 64.1 Å². The van der Waals surface area contributed by atoms with Crippen LogP contribution in [0.5, 0.6) is 0 Å². The van der Waals surface area contributed by atoms with Gasteiger partial charge in [-0.2, -0.15) is 0 Å². The molecule has 0 radical (unpaired) electrons. The van der Waals surface area contributed by atoms with Crippen molar-refractivity contribution in [2.24, 2.45) is 11.8 Å². The van der Waals surface area contributed by atoms with Crippen LogP contribution in [0.1, 0.15) is 85.0 Å². The predicted octanol–water partition coefficient (Wildman–Crippen LogP) is 5.38. The SMILES string of the molecule is CCCCCCCCC(C=O)C(C)CCCC. The Morgan fingerprint density at radius 1 is 0.824 bits per heavy atom. The minimum atomic E-state index is 0.313. The summed E-state index contributed by atoms with van der Waals surface area (Å²) >= 11 is 0. The molecule has 0 N–H and O–H groups in total. The molecule has 0 saturated heterocycles. The van der Waals surface area contributed by atoms with E-state index >= 15 is 0 Å². The summed E-state index contributed by atoms with van der Waals surface area (Å²) in [5.41, 5.74) is 0. The molecule has 1 heteroatoms. The molecule has 17 heavy (non-hydrogen) atoms. The van der Waals surface area contributed by atoms with Crippen molar-refractivity contribution in [2.75, 3.05) is 0 Å². The van der Waals surface area contributed by atoms with Crippen molar-refractivity contribution >= 4 is 6.29 Å². The van der Waals surface area contributed by atoms with E-state index in [4.69, 9.17) is 0 Å². The molecule has 0 rings (SSSR count). The highest BCUT2D eigenvalue weighted by atomic mass is 16.1. The van der Waals surface area contributed by atoms with Gasteiger partial charge in [-0.05, 0) is 12.3 Å². The molecule has 0 aliphatic rings. The lowest BCUT2D eigenvalue weighted by atomic mass is 9.86. The maximum atomic E-state index is 11.1. The minimum Gasteiger partial charge on any atom is -0.303 e. The number of rotatable bonds is 12. The Bertz CT molecular complexity index is 165. The van der Waals surface area contributed by atoms with Crippen LogP contribution in [0.2, 0.25) is 0 Å². The highest BCUT2D eigenvalue weighted by molar-refractivity contribution is 5.53. The molecule has 0 saturated carbocycles. The Morgan fingerprint density at radius 2 is 1.41 bits per heavy atom. The summed E-state index contributed by atoms with van der Waals surface area (Å²) in [6.45, 7) is 6.71. The Morgan fingerprint density at radius 3 is 2.00 bits per heavy atom. The van der Waals surface area contributed by atoms with Gasteiger partial charge in [-0.15, -0.1) is 0 Å². The highest BCUT2D eigenvalue weighted by Crippen LogP contribution is 2.22. The van der Waals surface area contributed by atoms with Gasteiger partial charge in [0.15, 0.2) is 0 Å². The Kier molecular flexibility index (Phi) is 11.9. The average Bonchev–Trinajstić information content (AvgIpc) is 2.35. The van der Waals surface area contributed by atoms with E-state index in [9.17, 15) is 4.79 Å². The monoisotopic (exact) mass is 240 g/mol. The van der Waals surface area contributed by atoms with Gasteiger partial charge in [0.25, 0.3) is 0 Å². The predicted molar refractivity (Wildman–Crippen MR) is 76.2 cm³/mol. The number of unbranched alkanes of at least 4 members (excludes halogenated alkanes) is 6. The molecule has 0 aliphatic carbocycles. The number of hydrogen-bond acceptors (Lipinski definition) is 1. The lowest BCUT2D eigenvalue weighted by Crippen LogP contribution is -2.13. The first-order chi connectivity index (χ1) is 8.26. The fourth-order valence-electron chi connectivity index (χ4n) is 2.39. The molecule has 0 heterocycles. The van der Waals surface area contributed by atoms with Crippen LogP contribution in [0.25, 0.3) is 0 Å². The van der Waals surface area contributed by atoms with Crippen molar-refractivity contribution in [3.8, 4) is 0 Å². The van der Waals surface area contributed by atoms with Gasteiger partial charge in [-0.25, -0.2) is 0 Å². The van der Waals surface area contributed by atoms with Gasteiger partial charge >= 0.3 is 0 Å². The second-order valence-electron chi connectivity index (χ2n) is 5.48. The molecular weight excluding hydrogens is 208 g/mol. The van der Waals surface area contributed by atoms with Gasteiger partial charge in [0, 0.05) is 5.92 Å². The Labute approximate surface area is 108 Å². The molecule has 2 unspecified atom stereocenters. The quantitative estimate of drug-likeness (QED) is 0.331. The van der Waals surface area contributed by atoms with E-state index in [0.717, 1.165) is 6.42 Å². The minimum absolute atomic E-state index is 0.313. The van der Waals surface area contributed by atoms with E-state index in [1.54, 1.807) is 0 Å². The topological polar surface area (TPSA) is 17.1 Å². The zero-order chi connectivity index (χ0) is 12.9. The van der Waals surface area contributed by atoms with E-state index in [2.05, 4.69) is 20.8 Å². The van der Waals surface area contributed by atoms with E-state index < -0.39 is 0 Å². The summed E-state index contributed by atoms with van der Waals surface area (Å²) in [4.78, 5) is 11.1. The second kappa shape index (κ2) is 12.1. The van der Waals surface area contributed by atoms with E-state index in [1.807, 2.05) is 0 Å². The molecule has 1 nitrogen and oxygen atoms in total. The average molecular weight is 240 g/mol. The fraction of sp³-hybridized carbons (Fsp3) is 0.938. The fourth-order valence-corrected chi connectivity index (χ4v) is 2.39. The molecule has 0 aromatic heterocycles. The molecular formula is C16H32O. The molecule has 0 aromatic carbocycles. The third kappa shape index (κ3) is 9.38. The summed E-state index contributed by atoms with van der Waals surface area (Å²) in [5, 5.41) is 0. The van der Waals surface area contributed by atoms with Gasteiger partial charge in [-0.1, -0.05) is 78.6 Å². The van der Waals surface area contributed by atoms with Crippen LogP contribution in [-0.2, 0) is 4.79 Å². The van der Waals surface area contributed by atoms with Crippen molar-refractivity contribution < 1.29 is 4.79 Å². The van der Waals surface area contributed by atoms with Crippen LogP contribution in [-0.4, -0.2) is 6.29 Å². The normalized spacial score (nSPS) is 14.5.